The number of nitrogens with one attached hydrogen (secondary N) is 1. The molecule has 2 aromatic heterocycles. The normalized spacial score (nSPS) is 20.1. The van der Waals surface area contributed by atoms with Crippen LogP contribution in [-0.2, 0) is 4.74 Å². The van der Waals surface area contributed by atoms with Crippen LogP contribution in [0.4, 0.5) is 10.3 Å². The maximum atomic E-state index is 15.0. The minimum Gasteiger partial charge on any atom is -0.389 e. The highest BCUT2D eigenvalue weighted by molar-refractivity contribution is 6.33. The van der Waals surface area contributed by atoms with E-state index in [2.05, 4.69) is 20.3 Å². The minimum atomic E-state index is -0.729. The predicted molar refractivity (Wildman–Crippen MR) is 117 cm³/mol. The third-order valence-corrected chi connectivity index (χ3v) is 5.89. The summed E-state index contributed by atoms with van der Waals surface area (Å²) in [5.74, 6) is -0.214. The van der Waals surface area contributed by atoms with Gasteiger partial charge in [-0.1, -0.05) is 11.6 Å². The Balaban J connectivity index is 1.79. The lowest BCUT2D eigenvalue weighted by Crippen LogP contribution is -2.42. The van der Waals surface area contributed by atoms with Gasteiger partial charge in [0.05, 0.1) is 41.8 Å². The Bertz CT molecular complexity index is 1140. The Morgan fingerprint density at radius 1 is 1.29 bits per heavy atom. The number of pyridine rings is 1. The fourth-order valence-electron chi connectivity index (χ4n) is 4.09. The van der Waals surface area contributed by atoms with Crippen molar-refractivity contribution in [3.05, 3.63) is 46.0 Å². The number of hydrogen-bond donors (Lipinski definition) is 3. The summed E-state index contributed by atoms with van der Waals surface area (Å²) in [6.07, 6.45) is 0.652. The molecule has 3 N–H and O–H groups in total. The van der Waals surface area contributed by atoms with Crippen molar-refractivity contribution in [3.8, 4) is 11.3 Å². The van der Waals surface area contributed by atoms with Crippen molar-refractivity contribution in [1.82, 2.24) is 15.0 Å². The van der Waals surface area contributed by atoms with Crippen molar-refractivity contribution in [1.29, 1.82) is 0 Å². The largest absolute Gasteiger partial charge is 0.389 e. The number of rotatable bonds is 4. The summed E-state index contributed by atoms with van der Waals surface area (Å²) in [5, 5.41) is 24.2. The van der Waals surface area contributed by atoms with Gasteiger partial charge in [-0.3, -0.25) is 0 Å². The van der Waals surface area contributed by atoms with Crippen LogP contribution in [0.15, 0.2) is 18.3 Å². The molecule has 1 saturated heterocycles. The smallest absolute Gasteiger partial charge is 0.223 e. The molecule has 0 bridgehead atoms. The highest BCUT2D eigenvalue weighted by Crippen LogP contribution is 2.34. The van der Waals surface area contributed by atoms with E-state index < -0.39 is 18.0 Å². The van der Waals surface area contributed by atoms with Crippen molar-refractivity contribution >= 4 is 28.5 Å². The first-order chi connectivity index (χ1) is 14.8. The summed E-state index contributed by atoms with van der Waals surface area (Å²) in [4.78, 5) is 13.0. The average Bonchev–Trinajstić information content (AvgIpc) is 2.71. The lowest BCUT2D eigenvalue weighted by atomic mass is 9.96. The summed E-state index contributed by atoms with van der Waals surface area (Å²) < 4.78 is 20.3. The zero-order valence-corrected chi connectivity index (χ0v) is 18.2. The Labute approximate surface area is 184 Å². The van der Waals surface area contributed by atoms with E-state index in [-0.39, 0.29) is 29.1 Å². The standard InChI is InChI=1S/C22H24ClFN4O3/c1-10-14-6-13(7-16(24)21(14)26-11(2)19(10)12(3)29)20-15(23)8-25-22(28-20)27-17-4-5-31-9-18(17)30/h6-8,12,17-18,29-30H,4-5,9H2,1-3H3,(H,25,27,28)/t12-,17+,18+/m0/s1. The van der Waals surface area contributed by atoms with E-state index >= 15 is 4.39 Å². The van der Waals surface area contributed by atoms with Crippen LogP contribution in [0.5, 0.6) is 0 Å². The van der Waals surface area contributed by atoms with Gasteiger partial charge in [-0.05, 0) is 44.9 Å². The number of fused-ring (bicyclic) bond motifs is 1. The van der Waals surface area contributed by atoms with Crippen LogP contribution in [0.25, 0.3) is 22.2 Å². The highest BCUT2D eigenvalue weighted by Gasteiger charge is 2.25. The first-order valence-electron chi connectivity index (χ1n) is 10.1. The zero-order chi connectivity index (χ0) is 22.3. The summed E-state index contributed by atoms with van der Waals surface area (Å²) >= 11 is 6.35. The fraction of sp³-hybridized carbons (Fsp3) is 0.409. The summed E-state index contributed by atoms with van der Waals surface area (Å²) in [7, 11) is 0. The molecular weight excluding hydrogens is 423 g/mol. The van der Waals surface area contributed by atoms with Crippen LogP contribution >= 0.6 is 11.6 Å². The van der Waals surface area contributed by atoms with Gasteiger partial charge in [-0.15, -0.1) is 0 Å². The van der Waals surface area contributed by atoms with Crippen LogP contribution in [0.3, 0.4) is 0 Å². The second kappa shape index (κ2) is 8.63. The molecule has 3 aromatic rings. The van der Waals surface area contributed by atoms with Crippen molar-refractivity contribution in [3.63, 3.8) is 0 Å². The van der Waals surface area contributed by atoms with Gasteiger partial charge in [0.2, 0.25) is 5.95 Å². The summed E-state index contributed by atoms with van der Waals surface area (Å²) in [6.45, 7) is 6.02. The van der Waals surface area contributed by atoms with Crippen molar-refractivity contribution in [2.45, 2.75) is 45.4 Å². The molecule has 1 aliphatic heterocycles. The topological polar surface area (TPSA) is 100 Å². The Kier molecular flexibility index (Phi) is 6.07. The first kappa shape index (κ1) is 21.8. The van der Waals surface area contributed by atoms with E-state index in [1.54, 1.807) is 19.9 Å². The molecule has 3 atom stereocenters. The minimum absolute atomic E-state index is 0.233. The number of hydrogen-bond acceptors (Lipinski definition) is 7. The first-order valence-corrected chi connectivity index (χ1v) is 10.5. The van der Waals surface area contributed by atoms with E-state index in [1.165, 1.54) is 12.3 Å². The average molecular weight is 447 g/mol. The molecule has 0 unspecified atom stereocenters. The van der Waals surface area contributed by atoms with Gasteiger partial charge in [-0.2, -0.15) is 0 Å². The monoisotopic (exact) mass is 446 g/mol. The van der Waals surface area contributed by atoms with Gasteiger partial charge in [0.25, 0.3) is 0 Å². The number of benzene rings is 1. The molecule has 1 aliphatic rings. The number of nitrogens with zero attached hydrogens (tertiary/aromatic N) is 3. The maximum absolute atomic E-state index is 15.0. The molecule has 3 heterocycles. The van der Waals surface area contributed by atoms with E-state index in [0.29, 0.717) is 40.9 Å². The SMILES string of the molecule is Cc1nc2c(F)cc(-c3nc(N[C@@H]4CCOC[C@H]4O)ncc3Cl)cc2c(C)c1[C@H](C)O. The number of ether oxygens (including phenoxy) is 1. The van der Waals surface area contributed by atoms with Gasteiger partial charge >= 0.3 is 0 Å². The van der Waals surface area contributed by atoms with Crippen molar-refractivity contribution in [2.24, 2.45) is 0 Å². The second-order valence-electron chi connectivity index (χ2n) is 7.84. The lowest BCUT2D eigenvalue weighted by Gasteiger charge is -2.28. The quantitative estimate of drug-likeness (QED) is 0.561. The van der Waals surface area contributed by atoms with Gasteiger partial charge < -0.3 is 20.3 Å². The van der Waals surface area contributed by atoms with Crippen LogP contribution in [0, 0.1) is 19.7 Å². The number of aliphatic hydroxyl groups is 2. The van der Waals surface area contributed by atoms with Gasteiger partial charge in [0, 0.05) is 28.8 Å². The molecule has 0 saturated carbocycles. The molecule has 1 fully saturated rings. The Morgan fingerprint density at radius 3 is 2.77 bits per heavy atom. The van der Waals surface area contributed by atoms with Gasteiger partial charge in [0.15, 0.2) is 0 Å². The van der Waals surface area contributed by atoms with E-state index in [4.69, 9.17) is 16.3 Å². The van der Waals surface area contributed by atoms with Crippen LogP contribution in [0.1, 0.15) is 36.3 Å². The number of aromatic nitrogens is 3. The molecule has 1 aromatic carbocycles. The van der Waals surface area contributed by atoms with Crippen molar-refractivity contribution in [2.75, 3.05) is 18.5 Å². The number of aryl methyl sites for hydroxylation is 2. The summed E-state index contributed by atoms with van der Waals surface area (Å²) in [5.41, 5.74) is 3.09. The lowest BCUT2D eigenvalue weighted by molar-refractivity contribution is -0.0136. The van der Waals surface area contributed by atoms with Crippen LogP contribution in [0.2, 0.25) is 5.02 Å². The number of anilines is 1. The Hall–Kier alpha value is -2.39. The molecule has 9 heteroatoms. The predicted octanol–water partition coefficient (Wildman–Crippen LogP) is 3.72. The van der Waals surface area contributed by atoms with Crippen molar-refractivity contribution < 1.29 is 19.3 Å². The molecule has 0 radical (unpaired) electrons. The van der Waals surface area contributed by atoms with Gasteiger partial charge in [-0.25, -0.2) is 19.3 Å². The zero-order valence-electron chi connectivity index (χ0n) is 17.5. The fourth-order valence-corrected chi connectivity index (χ4v) is 4.29. The van der Waals surface area contributed by atoms with Gasteiger partial charge in [0.1, 0.15) is 11.3 Å². The van der Waals surface area contributed by atoms with Crippen LogP contribution < -0.4 is 5.32 Å². The second-order valence-corrected chi connectivity index (χ2v) is 8.25. The number of aliphatic hydroxyl groups excluding tert-OH is 2. The summed E-state index contributed by atoms with van der Waals surface area (Å²) in [6, 6.07) is 2.87. The molecule has 7 nitrogen and oxygen atoms in total. The van der Waals surface area contributed by atoms with E-state index in [0.717, 1.165) is 5.56 Å². The maximum Gasteiger partial charge on any atom is 0.223 e. The van der Waals surface area contributed by atoms with E-state index in [1.807, 2.05) is 6.92 Å². The highest BCUT2D eigenvalue weighted by atomic mass is 35.5. The molecule has 31 heavy (non-hydrogen) atoms. The van der Waals surface area contributed by atoms with Crippen LogP contribution in [-0.4, -0.2) is 50.5 Å². The molecule has 0 spiro atoms. The molecule has 0 amide bonds. The Morgan fingerprint density at radius 2 is 2.06 bits per heavy atom. The van der Waals surface area contributed by atoms with E-state index in [9.17, 15) is 10.2 Å². The molecule has 164 valence electrons. The third-order valence-electron chi connectivity index (χ3n) is 5.62. The molecule has 4 rings (SSSR count). The molecule has 0 aliphatic carbocycles. The molecular formula is C22H24ClFN4O3. The third kappa shape index (κ3) is 4.21. The number of halogens is 2.